The van der Waals surface area contributed by atoms with Crippen LogP contribution in [0.4, 0.5) is 0 Å². The van der Waals surface area contributed by atoms with Crippen LogP contribution in [0, 0.1) is 0 Å². The van der Waals surface area contributed by atoms with E-state index in [1.165, 1.54) is 10.7 Å². The average molecular weight is 479 g/mol. The molecule has 1 unspecified atom stereocenters. The highest BCUT2D eigenvalue weighted by atomic mass is 32.2. The van der Waals surface area contributed by atoms with Crippen LogP contribution in [0.2, 0.25) is 0 Å². The topological polar surface area (TPSA) is 76.8 Å². The number of hydrogen-bond acceptors (Lipinski definition) is 6. The molecule has 0 spiro atoms. The highest BCUT2D eigenvalue weighted by molar-refractivity contribution is 7.88. The molecule has 33 heavy (non-hydrogen) atoms. The fourth-order valence-corrected chi connectivity index (χ4v) is 5.58. The lowest BCUT2D eigenvalue weighted by Gasteiger charge is -2.20. The van der Waals surface area contributed by atoms with Gasteiger partial charge in [0.15, 0.2) is 0 Å². The van der Waals surface area contributed by atoms with Gasteiger partial charge in [-0.05, 0) is 35.7 Å². The van der Waals surface area contributed by atoms with Crippen molar-refractivity contribution in [3.8, 4) is 22.0 Å². The van der Waals surface area contributed by atoms with E-state index in [2.05, 4.69) is 5.10 Å². The van der Waals surface area contributed by atoms with E-state index in [0.717, 1.165) is 27.4 Å². The Kier molecular flexibility index (Phi) is 5.51. The first-order chi connectivity index (χ1) is 15.9. The minimum Gasteiger partial charge on any atom is -0.497 e. The molecule has 0 bridgehead atoms. The maximum absolute atomic E-state index is 12.8. The summed E-state index contributed by atoms with van der Waals surface area (Å²) in [4.78, 5) is 0.975. The molecule has 4 aromatic rings. The fraction of sp³-hybridized carbons (Fsp3) is 0.167. The second-order valence-corrected chi connectivity index (χ2v) is 10.5. The summed E-state index contributed by atoms with van der Waals surface area (Å²) in [7, 11) is -2.01. The molecule has 168 valence electrons. The van der Waals surface area contributed by atoms with Crippen molar-refractivity contribution in [3.05, 3.63) is 89.4 Å². The van der Waals surface area contributed by atoms with Gasteiger partial charge in [-0.2, -0.15) is 14.6 Å². The molecule has 9 heteroatoms. The predicted molar refractivity (Wildman–Crippen MR) is 130 cm³/mol. The van der Waals surface area contributed by atoms with Gasteiger partial charge in [0.05, 0.1) is 35.7 Å². The Morgan fingerprint density at radius 2 is 1.88 bits per heavy atom. The minimum atomic E-state index is -3.62. The first-order valence-electron chi connectivity index (χ1n) is 10.3. The average Bonchev–Trinajstić information content (AvgIpc) is 3.58. The zero-order chi connectivity index (χ0) is 23.0. The third kappa shape index (κ3) is 4.17. The molecular weight excluding hydrogens is 456 g/mol. The van der Waals surface area contributed by atoms with E-state index in [-0.39, 0.29) is 0 Å². The number of para-hydroxylation sites is 1. The van der Waals surface area contributed by atoms with E-state index < -0.39 is 16.1 Å². The molecule has 7 nitrogen and oxygen atoms in total. The third-order valence-electron chi connectivity index (χ3n) is 5.49. The minimum absolute atomic E-state index is 0.430. The summed E-state index contributed by atoms with van der Waals surface area (Å²) in [6.45, 7) is 0. The van der Waals surface area contributed by atoms with Crippen molar-refractivity contribution in [1.29, 1.82) is 0 Å². The summed E-state index contributed by atoms with van der Waals surface area (Å²) in [5, 5.41) is 11.4. The summed E-state index contributed by atoms with van der Waals surface area (Å²) < 4.78 is 33.9. The molecule has 0 N–H and O–H groups in total. The van der Waals surface area contributed by atoms with Crippen LogP contribution in [-0.4, -0.2) is 41.7 Å². The van der Waals surface area contributed by atoms with Crippen LogP contribution in [-0.2, 0) is 10.0 Å². The van der Waals surface area contributed by atoms with Gasteiger partial charge in [-0.3, -0.25) is 0 Å². The molecule has 3 heterocycles. The number of benzene rings is 2. The Morgan fingerprint density at radius 1 is 1.06 bits per heavy atom. The van der Waals surface area contributed by atoms with E-state index in [4.69, 9.17) is 9.84 Å². The number of nitrogens with zero attached hydrogens (tertiary/aromatic N) is 4. The summed E-state index contributed by atoms with van der Waals surface area (Å²) in [5.41, 5.74) is 4.00. The van der Waals surface area contributed by atoms with Crippen molar-refractivity contribution in [3.63, 3.8) is 0 Å². The van der Waals surface area contributed by atoms with E-state index in [1.54, 1.807) is 23.1 Å². The predicted octanol–water partition coefficient (Wildman–Crippen LogP) is 4.72. The SMILES string of the molecule is COc1cccc(C2=NN(S(C)(=O)=O)C(c3cn(-c4ccccc4)nc3-c3cccs3)C2)c1. The number of ether oxygens (including phenoxy) is 1. The van der Waals surface area contributed by atoms with Gasteiger partial charge < -0.3 is 4.74 Å². The zero-order valence-electron chi connectivity index (χ0n) is 18.1. The summed E-state index contributed by atoms with van der Waals surface area (Å²) in [6.07, 6.45) is 3.53. The van der Waals surface area contributed by atoms with E-state index in [0.29, 0.717) is 17.9 Å². The molecule has 1 atom stereocenters. The number of hydrazone groups is 1. The standard InChI is InChI=1S/C24H22N4O3S2/c1-31-19-11-6-8-17(14-19)21-15-22(28(25-21)33(2,29)30)20-16-27(18-9-4-3-5-10-18)26-24(20)23-12-7-13-32-23/h3-14,16,22H,15H2,1-2H3. The van der Waals surface area contributed by atoms with Crippen LogP contribution >= 0.6 is 11.3 Å². The smallest absolute Gasteiger partial charge is 0.247 e. The number of thiophene rings is 1. The molecule has 0 aliphatic carbocycles. The lowest BCUT2D eigenvalue weighted by molar-refractivity contribution is 0.375. The lowest BCUT2D eigenvalue weighted by atomic mass is 9.99. The van der Waals surface area contributed by atoms with Crippen LogP contribution in [0.25, 0.3) is 16.3 Å². The Hall–Kier alpha value is -3.43. The van der Waals surface area contributed by atoms with Gasteiger partial charge in [-0.25, -0.2) is 13.1 Å². The number of methoxy groups -OCH3 is 1. The Labute approximate surface area is 196 Å². The molecule has 0 fully saturated rings. The second kappa shape index (κ2) is 8.49. The van der Waals surface area contributed by atoms with Crippen LogP contribution in [0.5, 0.6) is 5.75 Å². The quantitative estimate of drug-likeness (QED) is 0.402. The monoisotopic (exact) mass is 478 g/mol. The number of rotatable bonds is 6. The van der Waals surface area contributed by atoms with E-state index in [1.807, 2.05) is 78.3 Å². The van der Waals surface area contributed by atoms with Crippen molar-refractivity contribution in [2.45, 2.75) is 12.5 Å². The molecule has 5 rings (SSSR count). The normalized spacial score (nSPS) is 16.1. The molecule has 1 aliphatic heterocycles. The zero-order valence-corrected chi connectivity index (χ0v) is 19.8. The molecule has 0 saturated carbocycles. The van der Waals surface area contributed by atoms with E-state index >= 15 is 0 Å². The van der Waals surface area contributed by atoms with Gasteiger partial charge in [0.25, 0.3) is 0 Å². The van der Waals surface area contributed by atoms with Crippen LogP contribution in [0.1, 0.15) is 23.6 Å². The van der Waals surface area contributed by atoms with Crippen LogP contribution < -0.4 is 4.74 Å². The summed E-state index contributed by atoms with van der Waals surface area (Å²) in [5.74, 6) is 0.695. The number of hydrogen-bond donors (Lipinski definition) is 0. The van der Waals surface area contributed by atoms with Gasteiger partial charge in [-0.15, -0.1) is 11.3 Å². The van der Waals surface area contributed by atoms with Gasteiger partial charge in [-0.1, -0.05) is 36.4 Å². The van der Waals surface area contributed by atoms with Crippen LogP contribution in [0.3, 0.4) is 0 Å². The van der Waals surface area contributed by atoms with Gasteiger partial charge in [0.1, 0.15) is 11.4 Å². The van der Waals surface area contributed by atoms with Gasteiger partial charge in [0.2, 0.25) is 10.0 Å². The van der Waals surface area contributed by atoms with Crippen molar-refractivity contribution >= 4 is 27.1 Å². The molecule has 1 aliphatic rings. The second-order valence-electron chi connectivity index (χ2n) is 7.72. The van der Waals surface area contributed by atoms with Gasteiger partial charge in [0, 0.05) is 23.7 Å². The molecule has 0 radical (unpaired) electrons. The molecule has 2 aromatic carbocycles. The van der Waals surface area contributed by atoms with Crippen molar-refractivity contribution < 1.29 is 13.2 Å². The van der Waals surface area contributed by atoms with E-state index in [9.17, 15) is 8.42 Å². The van der Waals surface area contributed by atoms with Crippen molar-refractivity contribution in [2.75, 3.05) is 13.4 Å². The third-order valence-corrected chi connectivity index (χ3v) is 7.38. The fourth-order valence-electron chi connectivity index (χ4n) is 3.95. The number of sulfonamides is 1. The summed E-state index contributed by atoms with van der Waals surface area (Å²) >= 11 is 1.57. The van der Waals surface area contributed by atoms with Crippen molar-refractivity contribution in [1.82, 2.24) is 14.2 Å². The Bertz CT molecular complexity index is 1410. The summed E-state index contributed by atoms with van der Waals surface area (Å²) in [6, 6.07) is 20.7. The lowest BCUT2D eigenvalue weighted by Crippen LogP contribution is -2.26. The first kappa shape index (κ1) is 21.4. The maximum Gasteiger partial charge on any atom is 0.247 e. The Balaban J connectivity index is 1.62. The first-order valence-corrected chi connectivity index (χ1v) is 13.1. The van der Waals surface area contributed by atoms with Crippen LogP contribution in [0.15, 0.2) is 83.4 Å². The number of aromatic nitrogens is 2. The molecule has 0 amide bonds. The highest BCUT2D eigenvalue weighted by Crippen LogP contribution is 2.40. The molecular formula is C24H22N4O3S2. The van der Waals surface area contributed by atoms with Gasteiger partial charge >= 0.3 is 0 Å². The molecule has 0 saturated heterocycles. The Morgan fingerprint density at radius 3 is 2.58 bits per heavy atom. The largest absolute Gasteiger partial charge is 0.497 e. The molecule has 2 aromatic heterocycles. The maximum atomic E-state index is 12.8. The van der Waals surface area contributed by atoms with Crippen molar-refractivity contribution in [2.24, 2.45) is 5.10 Å². The highest BCUT2D eigenvalue weighted by Gasteiger charge is 2.37.